The van der Waals surface area contributed by atoms with Crippen molar-refractivity contribution in [2.75, 3.05) is 31.1 Å². The Morgan fingerprint density at radius 3 is 2.78 bits per heavy atom. The van der Waals surface area contributed by atoms with Gasteiger partial charge in [-0.15, -0.1) is 0 Å². The zero-order valence-electron chi connectivity index (χ0n) is 15.6. The molecule has 0 spiro atoms. The molecule has 2 N–H and O–H groups in total. The van der Waals surface area contributed by atoms with Gasteiger partial charge in [-0.05, 0) is 49.4 Å². The molecule has 0 aliphatic carbocycles. The SMILES string of the molecule is CC1CCCN(c2ncccc2C(=O)NCCCNC(=O)c2ccco2)C1. The summed E-state index contributed by atoms with van der Waals surface area (Å²) < 4.78 is 5.03. The largest absolute Gasteiger partial charge is 0.459 e. The molecular formula is C20H26N4O3. The third kappa shape index (κ3) is 5.09. The van der Waals surface area contributed by atoms with Gasteiger partial charge in [-0.1, -0.05) is 6.92 Å². The standard InChI is InChI=1S/C20H26N4O3/c1-15-6-3-12-24(14-15)18-16(7-2-9-21-18)19(25)22-10-5-11-23-20(26)17-8-4-13-27-17/h2,4,7-9,13,15H,3,5-6,10-12,14H2,1H3,(H,22,25)(H,23,26). The fourth-order valence-corrected chi connectivity index (χ4v) is 3.29. The first-order valence-electron chi connectivity index (χ1n) is 9.45. The molecule has 3 heterocycles. The quantitative estimate of drug-likeness (QED) is 0.731. The van der Waals surface area contributed by atoms with Gasteiger partial charge in [-0.3, -0.25) is 9.59 Å². The van der Waals surface area contributed by atoms with Crippen LogP contribution in [-0.4, -0.2) is 43.0 Å². The third-order valence-corrected chi connectivity index (χ3v) is 4.66. The fraction of sp³-hybridized carbons (Fsp3) is 0.450. The maximum atomic E-state index is 12.6. The molecule has 0 saturated carbocycles. The van der Waals surface area contributed by atoms with E-state index in [9.17, 15) is 9.59 Å². The molecule has 1 aliphatic rings. The van der Waals surface area contributed by atoms with E-state index in [1.165, 1.54) is 12.7 Å². The van der Waals surface area contributed by atoms with Crippen molar-refractivity contribution >= 4 is 17.6 Å². The van der Waals surface area contributed by atoms with E-state index in [2.05, 4.69) is 27.4 Å². The minimum atomic E-state index is -0.250. The van der Waals surface area contributed by atoms with Crippen molar-refractivity contribution in [1.29, 1.82) is 0 Å². The van der Waals surface area contributed by atoms with Gasteiger partial charge in [-0.25, -0.2) is 4.98 Å². The van der Waals surface area contributed by atoms with Crippen LogP contribution >= 0.6 is 0 Å². The highest BCUT2D eigenvalue weighted by atomic mass is 16.3. The van der Waals surface area contributed by atoms with Gasteiger partial charge < -0.3 is 20.0 Å². The predicted octanol–water partition coefficient (Wildman–Crippen LogP) is 2.46. The molecule has 1 atom stereocenters. The lowest BCUT2D eigenvalue weighted by molar-refractivity contribution is 0.0925. The van der Waals surface area contributed by atoms with Crippen LogP contribution in [0.15, 0.2) is 41.1 Å². The van der Waals surface area contributed by atoms with E-state index in [1.807, 2.05) is 6.07 Å². The summed E-state index contributed by atoms with van der Waals surface area (Å²) in [6.07, 6.45) is 6.16. The number of nitrogens with zero attached hydrogens (tertiary/aromatic N) is 2. The van der Waals surface area contributed by atoms with Gasteiger partial charge in [0.1, 0.15) is 5.82 Å². The van der Waals surface area contributed by atoms with E-state index in [-0.39, 0.29) is 17.6 Å². The molecule has 1 saturated heterocycles. The van der Waals surface area contributed by atoms with Crippen molar-refractivity contribution in [3.8, 4) is 0 Å². The number of pyridine rings is 1. The van der Waals surface area contributed by atoms with Crippen molar-refractivity contribution < 1.29 is 14.0 Å². The minimum absolute atomic E-state index is 0.131. The number of amides is 2. The lowest BCUT2D eigenvalue weighted by atomic mass is 10.00. The van der Waals surface area contributed by atoms with Crippen LogP contribution < -0.4 is 15.5 Å². The van der Waals surface area contributed by atoms with Crippen molar-refractivity contribution in [3.05, 3.63) is 48.0 Å². The fourth-order valence-electron chi connectivity index (χ4n) is 3.29. The average Bonchev–Trinajstić information content (AvgIpc) is 3.22. The third-order valence-electron chi connectivity index (χ3n) is 4.66. The molecule has 2 aromatic rings. The number of furan rings is 1. The number of anilines is 1. The van der Waals surface area contributed by atoms with E-state index in [1.54, 1.807) is 24.4 Å². The summed E-state index contributed by atoms with van der Waals surface area (Å²) in [6, 6.07) is 6.89. The number of carbonyl (C=O) groups excluding carboxylic acids is 2. The zero-order valence-corrected chi connectivity index (χ0v) is 15.6. The lowest BCUT2D eigenvalue weighted by Crippen LogP contribution is -2.37. The molecule has 1 fully saturated rings. The second-order valence-corrected chi connectivity index (χ2v) is 6.91. The van der Waals surface area contributed by atoms with Crippen LogP contribution in [0.4, 0.5) is 5.82 Å². The molecule has 0 aromatic carbocycles. The van der Waals surface area contributed by atoms with Crippen LogP contribution in [-0.2, 0) is 0 Å². The average molecular weight is 370 g/mol. The Morgan fingerprint density at radius 2 is 2.04 bits per heavy atom. The number of hydrogen-bond acceptors (Lipinski definition) is 5. The monoisotopic (exact) mass is 370 g/mol. The summed E-state index contributed by atoms with van der Waals surface area (Å²) in [7, 11) is 0. The summed E-state index contributed by atoms with van der Waals surface area (Å²) in [4.78, 5) is 31.0. The van der Waals surface area contributed by atoms with Crippen molar-refractivity contribution in [2.24, 2.45) is 5.92 Å². The maximum absolute atomic E-state index is 12.6. The summed E-state index contributed by atoms with van der Waals surface area (Å²) in [5, 5.41) is 5.68. The number of nitrogens with one attached hydrogen (secondary N) is 2. The van der Waals surface area contributed by atoms with E-state index in [0.29, 0.717) is 31.0 Å². The van der Waals surface area contributed by atoms with Crippen molar-refractivity contribution in [2.45, 2.75) is 26.2 Å². The van der Waals surface area contributed by atoms with Crippen LogP contribution in [0, 0.1) is 5.92 Å². The van der Waals surface area contributed by atoms with Crippen LogP contribution in [0.2, 0.25) is 0 Å². The maximum Gasteiger partial charge on any atom is 0.286 e. The molecular weight excluding hydrogens is 344 g/mol. The molecule has 2 amide bonds. The van der Waals surface area contributed by atoms with Crippen LogP contribution in [0.25, 0.3) is 0 Å². The van der Waals surface area contributed by atoms with Crippen LogP contribution in [0.1, 0.15) is 47.1 Å². The summed E-state index contributed by atoms with van der Waals surface area (Å²) in [6.45, 7) is 5.02. The summed E-state index contributed by atoms with van der Waals surface area (Å²) in [5.41, 5.74) is 0.603. The highest BCUT2D eigenvalue weighted by Gasteiger charge is 2.22. The first-order valence-corrected chi connectivity index (χ1v) is 9.45. The number of hydrogen-bond donors (Lipinski definition) is 2. The molecule has 7 heteroatoms. The first-order chi connectivity index (χ1) is 13.1. The molecule has 0 bridgehead atoms. The van der Waals surface area contributed by atoms with Gasteiger partial charge in [0, 0.05) is 32.4 Å². The zero-order chi connectivity index (χ0) is 19.1. The molecule has 144 valence electrons. The molecule has 1 aliphatic heterocycles. The summed E-state index contributed by atoms with van der Waals surface area (Å²) in [5.74, 6) is 1.27. The second-order valence-electron chi connectivity index (χ2n) is 6.91. The summed E-state index contributed by atoms with van der Waals surface area (Å²) >= 11 is 0. The smallest absolute Gasteiger partial charge is 0.286 e. The number of carbonyl (C=O) groups is 2. The van der Waals surface area contributed by atoms with E-state index in [4.69, 9.17) is 4.42 Å². The van der Waals surface area contributed by atoms with Gasteiger partial charge in [0.2, 0.25) is 0 Å². The number of aromatic nitrogens is 1. The molecule has 0 radical (unpaired) electrons. The topological polar surface area (TPSA) is 87.5 Å². The van der Waals surface area contributed by atoms with Crippen LogP contribution in [0.3, 0.4) is 0 Å². The first kappa shape index (κ1) is 18.9. The highest BCUT2D eigenvalue weighted by Crippen LogP contribution is 2.24. The predicted molar refractivity (Wildman–Crippen MR) is 103 cm³/mol. The Kier molecular flexibility index (Phi) is 6.46. The molecule has 1 unspecified atom stereocenters. The minimum Gasteiger partial charge on any atom is -0.459 e. The number of piperidine rings is 1. The van der Waals surface area contributed by atoms with Crippen LogP contribution in [0.5, 0.6) is 0 Å². The molecule has 3 rings (SSSR count). The molecule has 27 heavy (non-hydrogen) atoms. The Balaban J connectivity index is 1.47. The van der Waals surface area contributed by atoms with Gasteiger partial charge in [-0.2, -0.15) is 0 Å². The van der Waals surface area contributed by atoms with E-state index in [0.717, 1.165) is 25.3 Å². The Labute approximate surface area is 159 Å². The molecule has 2 aromatic heterocycles. The number of rotatable bonds is 7. The highest BCUT2D eigenvalue weighted by molar-refractivity contribution is 5.98. The Bertz CT molecular complexity index is 760. The second kappa shape index (κ2) is 9.21. The van der Waals surface area contributed by atoms with E-state index >= 15 is 0 Å². The Hall–Kier alpha value is -2.83. The van der Waals surface area contributed by atoms with Gasteiger partial charge >= 0.3 is 0 Å². The van der Waals surface area contributed by atoms with Crippen molar-refractivity contribution in [1.82, 2.24) is 15.6 Å². The van der Waals surface area contributed by atoms with Gasteiger partial charge in [0.15, 0.2) is 5.76 Å². The van der Waals surface area contributed by atoms with Gasteiger partial charge in [0.05, 0.1) is 11.8 Å². The Morgan fingerprint density at radius 1 is 1.22 bits per heavy atom. The molecule has 7 nitrogen and oxygen atoms in total. The van der Waals surface area contributed by atoms with E-state index < -0.39 is 0 Å². The lowest BCUT2D eigenvalue weighted by Gasteiger charge is -2.32. The van der Waals surface area contributed by atoms with Crippen molar-refractivity contribution in [3.63, 3.8) is 0 Å². The normalized spacial score (nSPS) is 16.8. The van der Waals surface area contributed by atoms with Gasteiger partial charge in [0.25, 0.3) is 11.8 Å².